The zero-order valence-electron chi connectivity index (χ0n) is 66.0. The van der Waals surface area contributed by atoms with E-state index in [2.05, 4.69) is 67.8 Å². The first-order valence-electron chi connectivity index (χ1n) is 43.0. The Hall–Kier alpha value is -2.51. The third-order valence-corrected chi connectivity index (χ3v) is 21.3. The largest absolute Gasteiger partial charge is 0.394 e. The lowest BCUT2D eigenvalue weighted by atomic mass is 9.96. The lowest BCUT2D eigenvalue weighted by Crippen LogP contribution is -2.66. The molecule has 3 rings (SSSR count). The van der Waals surface area contributed by atoms with Gasteiger partial charge in [0.05, 0.1) is 38.6 Å². The van der Waals surface area contributed by atoms with Gasteiger partial charge in [0.25, 0.3) is 0 Å². The molecule has 3 fully saturated rings. The third kappa shape index (κ3) is 45.6. The Kier molecular flexibility index (Phi) is 60.9. The average molecular weight is 1490 g/mol. The van der Waals surface area contributed by atoms with Crippen molar-refractivity contribution in [2.45, 2.75) is 452 Å². The molecule has 17 unspecified atom stereocenters. The molecule has 3 aliphatic rings. The predicted octanol–water partition coefficient (Wildman–Crippen LogP) is 15.4. The molecule has 3 saturated heterocycles. The summed E-state index contributed by atoms with van der Waals surface area (Å²) >= 11 is 0. The van der Waals surface area contributed by atoms with Crippen LogP contribution < -0.4 is 5.32 Å². The van der Waals surface area contributed by atoms with Gasteiger partial charge in [0.2, 0.25) is 5.91 Å². The number of rotatable bonds is 69. The molecule has 614 valence electrons. The van der Waals surface area contributed by atoms with E-state index in [1.807, 2.05) is 6.08 Å². The minimum atomic E-state index is -1.98. The number of aliphatic hydroxyl groups is 11. The van der Waals surface area contributed by atoms with E-state index in [1.165, 1.54) is 250 Å². The van der Waals surface area contributed by atoms with Gasteiger partial charge < -0.3 is 89.9 Å². The Morgan fingerprint density at radius 1 is 0.352 bits per heavy atom. The number of ether oxygens (including phenoxy) is 6. The number of unbranched alkanes of at least 4 members (excludes halogenated alkanes) is 45. The molecular weight excluding hydrogens is 1330 g/mol. The second-order valence-corrected chi connectivity index (χ2v) is 30.6. The molecule has 0 aromatic carbocycles. The quantitative estimate of drug-likeness (QED) is 0.0199. The van der Waals surface area contributed by atoms with Crippen LogP contribution in [0.15, 0.2) is 60.8 Å². The van der Waals surface area contributed by atoms with Gasteiger partial charge in [-0.25, -0.2) is 0 Å². The van der Waals surface area contributed by atoms with E-state index in [-0.39, 0.29) is 18.9 Å². The number of hydrogen-bond acceptors (Lipinski definition) is 18. The van der Waals surface area contributed by atoms with Gasteiger partial charge in [-0.05, 0) is 57.8 Å². The van der Waals surface area contributed by atoms with Gasteiger partial charge in [-0.15, -0.1) is 0 Å². The van der Waals surface area contributed by atoms with E-state index in [9.17, 15) is 61.0 Å². The van der Waals surface area contributed by atoms with Crippen LogP contribution in [0.4, 0.5) is 0 Å². The normalized spacial score (nSPS) is 26.0. The predicted molar refractivity (Wildman–Crippen MR) is 420 cm³/mol. The number of amides is 1. The number of allylic oxidation sites excluding steroid dienone is 9. The van der Waals surface area contributed by atoms with Gasteiger partial charge in [-0.2, -0.15) is 0 Å². The summed E-state index contributed by atoms with van der Waals surface area (Å²) in [6, 6.07) is -0.973. The third-order valence-electron chi connectivity index (χ3n) is 21.3. The highest BCUT2D eigenvalue weighted by Gasteiger charge is 2.54. The molecule has 12 N–H and O–H groups in total. The molecule has 0 bridgehead atoms. The van der Waals surface area contributed by atoms with Crippen molar-refractivity contribution in [3.05, 3.63) is 60.8 Å². The summed E-state index contributed by atoms with van der Waals surface area (Å²) in [7, 11) is 0. The van der Waals surface area contributed by atoms with E-state index >= 15 is 0 Å². The summed E-state index contributed by atoms with van der Waals surface area (Å²) in [6.45, 7) is 1.67. The molecule has 1 amide bonds. The monoisotopic (exact) mass is 1490 g/mol. The number of carbonyl (C=O) groups is 1. The summed E-state index contributed by atoms with van der Waals surface area (Å²) in [5.74, 6) is -0.269. The molecule has 19 nitrogen and oxygen atoms in total. The number of aliphatic hydroxyl groups excluding tert-OH is 11. The van der Waals surface area contributed by atoms with Gasteiger partial charge in [0.1, 0.15) is 73.2 Å². The van der Waals surface area contributed by atoms with Gasteiger partial charge in [0, 0.05) is 6.42 Å². The average Bonchev–Trinajstić information content (AvgIpc) is 0.781. The van der Waals surface area contributed by atoms with E-state index < -0.39 is 124 Å². The molecule has 0 radical (unpaired) electrons. The Bertz CT molecular complexity index is 2130. The van der Waals surface area contributed by atoms with Crippen molar-refractivity contribution in [3.8, 4) is 0 Å². The van der Waals surface area contributed by atoms with Crippen molar-refractivity contribution in [2.24, 2.45) is 0 Å². The van der Waals surface area contributed by atoms with Crippen LogP contribution in [0.5, 0.6) is 0 Å². The summed E-state index contributed by atoms with van der Waals surface area (Å²) in [6.07, 6.45) is 59.5. The Labute approximate surface area is 636 Å². The summed E-state index contributed by atoms with van der Waals surface area (Å²) < 4.78 is 34.5. The van der Waals surface area contributed by atoms with E-state index in [1.54, 1.807) is 6.08 Å². The maximum absolute atomic E-state index is 13.5. The van der Waals surface area contributed by atoms with Crippen molar-refractivity contribution in [3.63, 3.8) is 0 Å². The van der Waals surface area contributed by atoms with E-state index in [0.717, 1.165) is 70.6 Å². The van der Waals surface area contributed by atoms with Gasteiger partial charge in [-0.1, -0.05) is 344 Å². The van der Waals surface area contributed by atoms with Crippen LogP contribution in [0.3, 0.4) is 0 Å². The molecule has 17 atom stereocenters. The molecule has 3 aliphatic heterocycles. The van der Waals surface area contributed by atoms with Crippen LogP contribution >= 0.6 is 0 Å². The molecular formula is C86H157NO18. The standard InChI is InChI=1S/C86H157NO18/c1-3-5-7-9-11-13-15-17-19-21-23-24-25-26-27-28-29-30-31-32-33-34-35-36-37-38-39-40-41-42-43-44-46-48-50-52-54-56-58-60-62-64-74(92)87-69(70(91)63-61-59-57-55-53-51-49-47-45-22-20-18-16-14-12-10-8-6-4-2)68-100-84-80(98)77(95)82(72(66-89)102-84)105-86-81(99)78(96)83(73(67-90)103-86)104-85-79(97)76(94)75(93)71(65-88)101-85/h5,7,11,13,17,19,23-24,61,63,69-73,75-86,88-91,93-99H,3-4,6,8-10,12,14-16,18,20-22,25-60,62,64-68H2,1-2H3,(H,87,92)/b7-5-,13-11-,19-17-,24-23-,63-61+. The molecule has 19 heteroatoms. The SMILES string of the molecule is CC/C=C\C/C=C\C/C=C\C/C=C\CCCCCCCCCCCCCCCCCCCCCCCCCCCCCCC(=O)NC(COC1OC(CO)C(OC2OC(CO)C(OC3OC(CO)C(O)C(O)C3O)C(O)C2O)C(O)C1O)C(O)/C=C/CCCCCCCCCCCCCCCCCCC. The zero-order chi connectivity index (χ0) is 76.0. The van der Waals surface area contributed by atoms with E-state index in [4.69, 9.17) is 28.4 Å². The molecule has 3 heterocycles. The van der Waals surface area contributed by atoms with Crippen LogP contribution in [-0.4, -0.2) is 193 Å². The Balaban J connectivity index is 1.28. The fourth-order valence-electron chi connectivity index (χ4n) is 14.5. The zero-order valence-corrected chi connectivity index (χ0v) is 66.0. The molecule has 105 heavy (non-hydrogen) atoms. The van der Waals surface area contributed by atoms with Crippen molar-refractivity contribution in [1.29, 1.82) is 0 Å². The van der Waals surface area contributed by atoms with Crippen LogP contribution in [-0.2, 0) is 33.2 Å². The van der Waals surface area contributed by atoms with E-state index in [0.29, 0.717) is 6.42 Å². The van der Waals surface area contributed by atoms with Crippen molar-refractivity contribution in [1.82, 2.24) is 5.32 Å². The first-order chi connectivity index (χ1) is 51.3. The van der Waals surface area contributed by atoms with Crippen LogP contribution in [0.25, 0.3) is 0 Å². The smallest absolute Gasteiger partial charge is 0.220 e. The second-order valence-electron chi connectivity index (χ2n) is 30.6. The molecule has 0 spiro atoms. The summed E-state index contributed by atoms with van der Waals surface area (Å²) in [5.41, 5.74) is 0. The van der Waals surface area contributed by atoms with Gasteiger partial charge in [0.15, 0.2) is 18.9 Å². The summed E-state index contributed by atoms with van der Waals surface area (Å²) in [5, 5.41) is 121. The summed E-state index contributed by atoms with van der Waals surface area (Å²) in [4.78, 5) is 13.5. The fraction of sp³-hybridized carbons (Fsp3) is 0.872. The highest BCUT2D eigenvalue weighted by Crippen LogP contribution is 2.33. The number of carbonyl (C=O) groups excluding carboxylic acids is 1. The minimum Gasteiger partial charge on any atom is -0.394 e. The molecule has 0 aliphatic carbocycles. The minimum absolute atomic E-state index is 0.247. The van der Waals surface area contributed by atoms with Crippen molar-refractivity contribution in [2.75, 3.05) is 26.4 Å². The number of nitrogens with one attached hydrogen (secondary N) is 1. The number of hydrogen-bond donors (Lipinski definition) is 12. The Morgan fingerprint density at radius 3 is 1.03 bits per heavy atom. The highest BCUT2D eigenvalue weighted by atomic mass is 16.8. The van der Waals surface area contributed by atoms with Crippen LogP contribution in [0.2, 0.25) is 0 Å². The molecule has 0 aromatic rings. The van der Waals surface area contributed by atoms with Crippen LogP contribution in [0, 0.1) is 0 Å². The molecule has 0 saturated carbocycles. The van der Waals surface area contributed by atoms with Crippen molar-refractivity contribution >= 4 is 5.91 Å². The maximum atomic E-state index is 13.5. The van der Waals surface area contributed by atoms with Crippen LogP contribution in [0.1, 0.15) is 348 Å². The second kappa shape index (κ2) is 66.1. The molecule has 0 aromatic heterocycles. The lowest BCUT2D eigenvalue weighted by Gasteiger charge is -2.48. The highest BCUT2D eigenvalue weighted by molar-refractivity contribution is 5.76. The first kappa shape index (κ1) is 96.7. The van der Waals surface area contributed by atoms with Gasteiger partial charge in [-0.3, -0.25) is 4.79 Å². The fourth-order valence-corrected chi connectivity index (χ4v) is 14.5. The maximum Gasteiger partial charge on any atom is 0.220 e. The topological polar surface area (TPSA) is 307 Å². The van der Waals surface area contributed by atoms with Crippen molar-refractivity contribution < 1.29 is 89.4 Å². The lowest BCUT2D eigenvalue weighted by molar-refractivity contribution is -0.379. The first-order valence-corrected chi connectivity index (χ1v) is 43.0. The Morgan fingerprint density at radius 2 is 0.657 bits per heavy atom. The van der Waals surface area contributed by atoms with Gasteiger partial charge >= 0.3 is 0 Å².